The van der Waals surface area contributed by atoms with Gasteiger partial charge in [0, 0.05) is 87.3 Å². The average molecular weight is 1950 g/mol. The highest BCUT2D eigenvalue weighted by atomic mass is 35.5. The van der Waals surface area contributed by atoms with E-state index in [-0.39, 0.29) is 66.2 Å². The second kappa shape index (κ2) is 41.7. The first-order valence-corrected chi connectivity index (χ1v) is 48.6. The monoisotopic (exact) mass is 1940 g/mol. The summed E-state index contributed by atoms with van der Waals surface area (Å²) >= 11 is 33.0. The van der Waals surface area contributed by atoms with Gasteiger partial charge in [-0.25, -0.2) is 59.0 Å². The summed E-state index contributed by atoms with van der Waals surface area (Å²) in [7, 11) is -1.80. The number of thioether (sulfide) groups is 2. The number of aryl methyl sites for hydroxylation is 2. The Labute approximate surface area is 777 Å². The van der Waals surface area contributed by atoms with Gasteiger partial charge in [-0.1, -0.05) is 119 Å². The number of halogens is 7. The zero-order valence-electron chi connectivity index (χ0n) is 71.2. The molecule has 5 aliphatic rings. The van der Waals surface area contributed by atoms with E-state index in [0.29, 0.717) is 173 Å². The molecule has 0 spiro atoms. The lowest BCUT2D eigenvalue weighted by Crippen LogP contribution is -2.18. The predicted octanol–water partition coefficient (Wildman–Crippen LogP) is 17.0. The van der Waals surface area contributed by atoms with Crippen LogP contribution in [0, 0.1) is 25.5 Å². The summed E-state index contributed by atoms with van der Waals surface area (Å²) in [6.45, 7) is 5.38. The van der Waals surface area contributed by atoms with Crippen molar-refractivity contribution in [1.82, 2.24) is 59.4 Å². The molecule has 0 unspecified atom stereocenters. The minimum atomic E-state index is -3.48. The molecule has 5 aliphatic heterocycles. The van der Waals surface area contributed by atoms with Crippen LogP contribution in [-0.4, -0.2) is 181 Å². The number of nitrogen functional groups attached to an aromatic ring is 2. The van der Waals surface area contributed by atoms with Crippen LogP contribution in [0.25, 0.3) is 0 Å². The van der Waals surface area contributed by atoms with Gasteiger partial charge in [0.2, 0.25) is 0 Å². The zero-order chi connectivity index (χ0) is 94.0. The van der Waals surface area contributed by atoms with Crippen molar-refractivity contribution in [3.05, 3.63) is 292 Å². The second-order valence-electron chi connectivity index (χ2n) is 29.7. The van der Waals surface area contributed by atoms with Crippen LogP contribution >= 0.6 is 81.5 Å². The van der Waals surface area contributed by atoms with Crippen LogP contribution in [0.3, 0.4) is 0 Å². The van der Waals surface area contributed by atoms with Gasteiger partial charge in [-0.15, -0.1) is 23.5 Å². The molecule has 7 aromatic heterocycles. The van der Waals surface area contributed by atoms with E-state index >= 15 is 0 Å². The number of nitrogens with one attached hydrogen (secondary N) is 4. The largest absolute Gasteiger partial charge is 0.398 e. The number of nitrogens with two attached hydrogens (primary N) is 2. The number of benzene rings is 5. The Balaban J connectivity index is 0.000000151. The van der Waals surface area contributed by atoms with Gasteiger partial charge in [-0.3, -0.25) is 33.9 Å². The molecule has 0 radical (unpaired) electrons. The van der Waals surface area contributed by atoms with E-state index in [9.17, 15) is 58.0 Å². The molecule has 5 aromatic carbocycles. The maximum absolute atomic E-state index is 13.6. The Hall–Kier alpha value is -11.8. The van der Waals surface area contributed by atoms with Crippen LogP contribution in [0.4, 0.5) is 65.8 Å². The van der Waals surface area contributed by atoms with Crippen molar-refractivity contribution >= 4 is 198 Å². The number of hydrogen-bond acceptors (Lipinski definition) is 26. The molecule has 672 valence electrons. The SMILES string of the molecule is CN1Cc2nc(Cl)cc(Cl)c2C1=O.CN1Cc2nc(Cl)cc(Nc3ccccc3S(C)(=O)=O)c2C1=O.CN1Cc2nc(Cl)cc(Nc3ccccc3S(C)(=O)=O)c2C1=O.CSc1ccccc1N.CSc1ccccc1Nc1cc(Cl)nc2c1C(=O)N(C)C2.Cc1cc(Cc2cc(Nc3ccccc3S(C)(=O)=O)c3c(n2)CN(C)C3=O)ncc1F.Cc1cc(N)ncc1F. The van der Waals surface area contributed by atoms with Crippen molar-refractivity contribution in [2.24, 2.45) is 0 Å². The van der Waals surface area contributed by atoms with Crippen molar-refractivity contribution in [3.8, 4) is 0 Å². The van der Waals surface area contributed by atoms with Gasteiger partial charge in [0.15, 0.2) is 29.5 Å². The first-order chi connectivity index (χ1) is 60.9. The van der Waals surface area contributed by atoms with E-state index in [4.69, 9.17) is 69.5 Å². The molecule has 8 N–H and O–H groups in total. The minimum Gasteiger partial charge on any atom is -0.398 e. The Morgan fingerprint density at radius 3 is 1.02 bits per heavy atom. The highest BCUT2D eigenvalue weighted by molar-refractivity contribution is 7.99. The van der Waals surface area contributed by atoms with Gasteiger partial charge in [0.1, 0.15) is 38.1 Å². The van der Waals surface area contributed by atoms with E-state index in [2.05, 4.69) is 56.2 Å². The van der Waals surface area contributed by atoms with Gasteiger partial charge in [0.05, 0.1) is 167 Å². The van der Waals surface area contributed by atoms with Crippen LogP contribution in [0.5, 0.6) is 0 Å². The summed E-state index contributed by atoms with van der Waals surface area (Å²) < 4.78 is 98.0. The molecule has 41 heteroatoms. The van der Waals surface area contributed by atoms with E-state index in [0.717, 1.165) is 51.8 Å². The number of anilines is 10. The number of pyridine rings is 7. The molecule has 17 rings (SSSR count). The van der Waals surface area contributed by atoms with Gasteiger partial charge in [-0.05, 0) is 141 Å². The topological polar surface area (TPSA) is 394 Å². The lowest BCUT2D eigenvalue weighted by molar-refractivity contribution is 0.0809. The molecule has 5 amide bonds. The van der Waals surface area contributed by atoms with Crippen LogP contribution < -0.4 is 32.7 Å². The summed E-state index contributed by atoms with van der Waals surface area (Å²) in [5.74, 6) is -1.01. The third-order valence-corrected chi connectivity index (χ3v) is 26.0. The first kappa shape index (κ1) is 97.8. The van der Waals surface area contributed by atoms with E-state index in [1.807, 2.05) is 61.0 Å². The van der Waals surface area contributed by atoms with Gasteiger partial charge in [-0.2, -0.15) is 0 Å². The number of carbonyl (C=O) groups excluding carboxylic acids is 5. The fourth-order valence-electron chi connectivity index (χ4n) is 13.7. The first-order valence-electron chi connectivity index (χ1n) is 38.6. The molecule has 29 nitrogen and oxygen atoms in total. The molecule has 12 heterocycles. The summed E-state index contributed by atoms with van der Waals surface area (Å²) in [5, 5.41) is 14.1. The Morgan fingerprint density at radius 2 is 0.674 bits per heavy atom. The molecule has 0 atom stereocenters. The lowest BCUT2D eigenvalue weighted by atomic mass is 10.1. The fraction of sp³-hybridized carbons (Fsp3) is 0.205. The van der Waals surface area contributed by atoms with Gasteiger partial charge < -0.3 is 57.2 Å². The molecule has 12 aromatic rings. The maximum atomic E-state index is 13.6. The summed E-state index contributed by atoms with van der Waals surface area (Å²) in [5.41, 5.74) is 23.7. The van der Waals surface area contributed by atoms with Gasteiger partial charge in [0.25, 0.3) is 29.5 Å². The molecule has 0 fully saturated rings. The number of para-hydroxylation sites is 5. The second-order valence-corrected chi connectivity index (χ2v) is 39.3. The molecular formula is C88H85Cl5F2N18O11S5. The number of hydrogen-bond donors (Lipinski definition) is 6. The van der Waals surface area contributed by atoms with Crippen LogP contribution in [0.15, 0.2) is 201 Å². The smallest absolute Gasteiger partial charge is 0.257 e. The predicted molar refractivity (Wildman–Crippen MR) is 503 cm³/mol. The molecule has 0 bridgehead atoms. The highest BCUT2D eigenvalue weighted by Gasteiger charge is 2.36. The molecule has 0 saturated carbocycles. The minimum absolute atomic E-state index is 0.0294. The number of sulfone groups is 3. The number of amides is 5. The maximum Gasteiger partial charge on any atom is 0.257 e. The quantitative estimate of drug-likeness (QED) is 0.0315. The standard InChI is InChI=1S/C22H21FN4O3S.2C15H14ClN3O3S.C15H14ClN3OS.C8H6Cl2N2O.C7H9NS.C6H7FN2/c1-13-8-14(24-11-16(13)23)9-15-10-18(21-19(25-15)12-27(2)22(21)28)26-17-6-4-5-7-20(17)31(3,29)30;2*1-19-8-11-14(15(19)20)10(7-13(16)18-11)17-9-5-3-4-6-12(9)23(2,21)22;1-19-8-11-14(15(19)20)10(7-13(16)18-11)17-9-5-3-4-6-12(9)21-2;1-12-3-5-7(8(12)13)4(9)2-6(10)11-5;1-9-7-5-3-2-4-6(7)8;1-4-2-6(8)9-3-5(4)7/h4-8,10-11H,9,12H2,1-3H3,(H,25,26);2*3-7H,8H2,1-2H3,(H,17,18);3-7H,8H2,1-2H3,(H,17,18);2H,3H2,1H3;2-5H,8H2,1H3;2-3H,1H3,(H2,8,9). The van der Waals surface area contributed by atoms with Crippen molar-refractivity contribution in [2.45, 2.75) is 77.5 Å². The number of fused-ring (bicyclic) bond motifs is 5. The van der Waals surface area contributed by atoms with E-state index in [1.165, 1.54) is 58.5 Å². The number of carbonyl (C=O) groups is 5. The Bertz CT molecular complexity index is 6630. The molecular weight excluding hydrogens is 1860 g/mol. The zero-order valence-corrected chi connectivity index (χ0v) is 79.0. The molecule has 0 aliphatic carbocycles. The average Bonchev–Trinajstić information content (AvgIpc) is 1.64. The Morgan fingerprint density at radius 1 is 0.372 bits per heavy atom. The van der Waals surface area contributed by atoms with Crippen LogP contribution in [0.1, 0.15) is 103 Å². The van der Waals surface area contributed by atoms with Crippen molar-refractivity contribution < 1.29 is 58.0 Å². The van der Waals surface area contributed by atoms with Crippen molar-refractivity contribution in [1.29, 1.82) is 0 Å². The number of nitrogens with zero attached hydrogens (tertiary/aromatic N) is 12. The molecule has 0 saturated heterocycles. The highest BCUT2D eigenvalue weighted by Crippen LogP contribution is 2.40. The van der Waals surface area contributed by atoms with E-state index < -0.39 is 29.5 Å². The van der Waals surface area contributed by atoms with Crippen molar-refractivity contribution in [3.63, 3.8) is 0 Å². The van der Waals surface area contributed by atoms with Crippen molar-refractivity contribution in [2.75, 3.05) is 99.3 Å². The van der Waals surface area contributed by atoms with Gasteiger partial charge >= 0.3 is 0 Å². The number of aromatic nitrogens is 7. The fourth-order valence-corrected chi connectivity index (χ4v) is 18.5. The van der Waals surface area contributed by atoms with Crippen LogP contribution in [0.2, 0.25) is 25.6 Å². The van der Waals surface area contributed by atoms with Crippen LogP contribution in [-0.2, 0) is 68.7 Å². The van der Waals surface area contributed by atoms with E-state index in [1.54, 1.807) is 160 Å². The molecule has 129 heavy (non-hydrogen) atoms. The lowest BCUT2D eigenvalue weighted by Gasteiger charge is -2.15. The third-order valence-electron chi connectivity index (χ3n) is 19.8. The summed E-state index contributed by atoms with van der Waals surface area (Å²) in [6, 6.07) is 46.5. The number of rotatable bonds is 15. The summed E-state index contributed by atoms with van der Waals surface area (Å²) in [4.78, 5) is 100. The normalized spacial score (nSPS) is 13.3. The third kappa shape index (κ3) is 24.0. The summed E-state index contributed by atoms with van der Waals surface area (Å²) in [6.07, 6.45) is 10.1. The Kier molecular flexibility index (Phi) is 31.6.